The van der Waals surface area contributed by atoms with Gasteiger partial charge in [0.1, 0.15) is 0 Å². The summed E-state index contributed by atoms with van der Waals surface area (Å²) in [5.41, 5.74) is 11.7. The van der Waals surface area contributed by atoms with E-state index in [1.165, 1.54) is 75.1 Å². The summed E-state index contributed by atoms with van der Waals surface area (Å²) in [5, 5.41) is 8.69. The van der Waals surface area contributed by atoms with E-state index in [0.717, 1.165) is 27.0 Å². The molecular formula is C46H27N5Se. The summed E-state index contributed by atoms with van der Waals surface area (Å²) in [6.45, 7) is 0. The van der Waals surface area contributed by atoms with E-state index in [4.69, 9.17) is 0 Å². The molecule has 7 aromatic carbocycles. The van der Waals surface area contributed by atoms with Crippen LogP contribution in [-0.2, 0) is 0 Å². The van der Waals surface area contributed by atoms with Crippen molar-refractivity contribution in [3.05, 3.63) is 164 Å². The summed E-state index contributed by atoms with van der Waals surface area (Å²) in [5.74, 6) is 0. The Labute approximate surface area is 303 Å². The molecule has 0 bridgehead atoms. The van der Waals surface area contributed by atoms with Crippen LogP contribution in [0.15, 0.2) is 164 Å². The second-order valence-corrected chi connectivity index (χ2v) is 15.6. The van der Waals surface area contributed by atoms with Gasteiger partial charge in [-0.25, -0.2) is 0 Å². The molecule has 12 aromatic rings. The zero-order valence-corrected chi connectivity index (χ0v) is 29.4. The third-order valence-corrected chi connectivity index (χ3v) is 13.0. The van der Waals surface area contributed by atoms with E-state index in [1.807, 2.05) is 6.20 Å². The van der Waals surface area contributed by atoms with Crippen LogP contribution in [0.25, 0.3) is 102 Å². The van der Waals surface area contributed by atoms with Crippen LogP contribution < -0.4 is 0 Å². The molecule has 52 heavy (non-hydrogen) atoms. The van der Waals surface area contributed by atoms with Crippen LogP contribution in [0.2, 0.25) is 0 Å². The van der Waals surface area contributed by atoms with Gasteiger partial charge in [-0.3, -0.25) is 0 Å². The number of aromatic nitrogens is 5. The Bertz CT molecular complexity index is 3150. The number of hydrogen-bond acceptors (Lipinski definition) is 2. The van der Waals surface area contributed by atoms with E-state index in [9.17, 15) is 0 Å². The van der Waals surface area contributed by atoms with Gasteiger partial charge in [-0.2, -0.15) is 0 Å². The first-order valence-corrected chi connectivity index (χ1v) is 19.2. The minimum atomic E-state index is 0.112. The van der Waals surface area contributed by atoms with Crippen molar-refractivity contribution in [2.45, 2.75) is 0 Å². The predicted octanol–water partition coefficient (Wildman–Crippen LogP) is 11.1. The fourth-order valence-corrected chi connectivity index (χ4v) is 10.7. The Kier molecular flexibility index (Phi) is 5.72. The molecule has 0 atom stereocenters. The number of fused-ring (bicyclic) bond motifs is 12. The fraction of sp³-hybridized carbons (Fsp3) is 0. The maximum absolute atomic E-state index is 4.69. The van der Waals surface area contributed by atoms with Crippen LogP contribution >= 0.6 is 0 Å². The summed E-state index contributed by atoms with van der Waals surface area (Å²) < 4.78 is 9.70. The number of benzene rings is 7. The van der Waals surface area contributed by atoms with E-state index in [-0.39, 0.29) is 14.5 Å². The van der Waals surface area contributed by atoms with Crippen molar-refractivity contribution in [2.24, 2.45) is 0 Å². The van der Waals surface area contributed by atoms with Gasteiger partial charge in [0.25, 0.3) is 0 Å². The van der Waals surface area contributed by atoms with Gasteiger partial charge in [-0.1, -0.05) is 24.3 Å². The van der Waals surface area contributed by atoms with Gasteiger partial charge >= 0.3 is 280 Å². The summed E-state index contributed by atoms with van der Waals surface area (Å²) in [6, 6.07) is 55.8. The van der Waals surface area contributed by atoms with Gasteiger partial charge in [-0.05, 0) is 0 Å². The first-order chi connectivity index (χ1) is 25.8. The average Bonchev–Trinajstić information content (AvgIpc) is 3.93. The van der Waals surface area contributed by atoms with Crippen molar-refractivity contribution < 1.29 is 0 Å². The van der Waals surface area contributed by atoms with Crippen molar-refractivity contribution in [2.75, 3.05) is 0 Å². The molecule has 0 amide bonds. The van der Waals surface area contributed by atoms with E-state index in [0.29, 0.717) is 0 Å². The zero-order valence-electron chi connectivity index (χ0n) is 27.7. The molecule has 0 radical (unpaired) electrons. The van der Waals surface area contributed by atoms with Gasteiger partial charge in [0, 0.05) is 0 Å². The summed E-state index contributed by atoms with van der Waals surface area (Å²) >= 11 is 0.112. The number of rotatable bonds is 3. The molecule has 0 saturated heterocycles. The topological polar surface area (TPSA) is 40.6 Å². The fourth-order valence-electron chi connectivity index (χ4n) is 8.58. The van der Waals surface area contributed by atoms with E-state index in [1.54, 1.807) is 6.20 Å². The van der Waals surface area contributed by atoms with Gasteiger partial charge < -0.3 is 0 Å². The maximum atomic E-state index is 4.69. The summed E-state index contributed by atoms with van der Waals surface area (Å²) in [7, 11) is 0. The standard InChI is InChI=1S/C46H27N5Se/c1-5-13-38-31(9-1)32-10-2-6-14-39(32)49(38)28-18-21-42-36(25-28)37-26-29(50-40-15-7-3-11-33(40)34-12-4-8-16-41(34)50)19-22-43(37)51(42)30-17-20-35-44(27-30)52-46-45(35)47-23-24-48-46/h1-27H. The average molecular weight is 729 g/mol. The molecule has 5 heterocycles. The van der Waals surface area contributed by atoms with E-state index >= 15 is 0 Å². The van der Waals surface area contributed by atoms with Crippen LogP contribution in [0.5, 0.6) is 0 Å². The van der Waals surface area contributed by atoms with Crippen molar-refractivity contribution in [1.29, 1.82) is 0 Å². The molecule has 0 aliphatic rings. The third-order valence-electron chi connectivity index (χ3n) is 10.8. The molecular weight excluding hydrogens is 702 g/mol. The first kappa shape index (κ1) is 28.3. The van der Waals surface area contributed by atoms with Crippen LogP contribution in [0.4, 0.5) is 0 Å². The molecule has 12 rings (SSSR count). The van der Waals surface area contributed by atoms with E-state index in [2.05, 4.69) is 175 Å². The van der Waals surface area contributed by atoms with E-state index < -0.39 is 0 Å². The zero-order chi connectivity index (χ0) is 33.9. The second-order valence-electron chi connectivity index (χ2n) is 13.5. The molecule has 0 fully saturated rings. The molecule has 5 nitrogen and oxygen atoms in total. The number of para-hydroxylation sites is 4. The number of hydrogen-bond donors (Lipinski definition) is 0. The first-order valence-electron chi connectivity index (χ1n) is 17.5. The quantitative estimate of drug-likeness (QED) is 0.170. The molecule has 0 unspecified atom stereocenters. The Balaban J connectivity index is 1.17. The van der Waals surface area contributed by atoms with Crippen molar-refractivity contribution in [1.82, 2.24) is 23.7 Å². The Morgan fingerprint density at radius 3 is 1.25 bits per heavy atom. The molecule has 0 N–H and O–H groups in total. The molecule has 0 saturated carbocycles. The molecule has 0 aliphatic heterocycles. The third kappa shape index (κ3) is 3.82. The molecule has 0 spiro atoms. The van der Waals surface area contributed by atoms with Crippen molar-refractivity contribution in [3.63, 3.8) is 0 Å². The Morgan fingerprint density at radius 1 is 0.346 bits per heavy atom. The number of nitrogens with zero attached hydrogens (tertiary/aromatic N) is 5. The van der Waals surface area contributed by atoms with Gasteiger partial charge in [0.15, 0.2) is 0 Å². The van der Waals surface area contributed by atoms with Crippen LogP contribution in [0.3, 0.4) is 0 Å². The molecule has 0 aliphatic carbocycles. The molecule has 242 valence electrons. The SMILES string of the molecule is c1ccc2c(c1)c1ccccc1n2-c1ccc2c(c1)c1cc(-n3c4ccccc4c4ccccc43)ccc1n2-c1ccc2c(c1)[se]c1nccnc12. The minimum absolute atomic E-state index is 0.112. The Morgan fingerprint density at radius 2 is 0.750 bits per heavy atom. The van der Waals surface area contributed by atoms with Crippen molar-refractivity contribution in [3.8, 4) is 17.1 Å². The van der Waals surface area contributed by atoms with Gasteiger partial charge in [0.05, 0.1) is 0 Å². The second kappa shape index (κ2) is 10.5. The van der Waals surface area contributed by atoms with Crippen LogP contribution in [-0.4, -0.2) is 38.2 Å². The van der Waals surface area contributed by atoms with Crippen LogP contribution in [0, 0.1) is 0 Å². The summed E-state index contributed by atoms with van der Waals surface area (Å²) in [4.78, 5) is 9.36. The van der Waals surface area contributed by atoms with Gasteiger partial charge in [-0.15, -0.1) is 0 Å². The monoisotopic (exact) mass is 729 g/mol. The normalized spacial score (nSPS) is 12.2. The molecule has 5 aromatic heterocycles. The summed E-state index contributed by atoms with van der Waals surface area (Å²) in [6.07, 6.45) is 3.61. The van der Waals surface area contributed by atoms with Gasteiger partial charge in [0.2, 0.25) is 0 Å². The predicted molar refractivity (Wildman–Crippen MR) is 217 cm³/mol. The molecule has 6 heteroatoms. The van der Waals surface area contributed by atoms with Crippen molar-refractivity contribution >= 4 is 99.5 Å². The Hall–Kier alpha value is -6.46. The van der Waals surface area contributed by atoms with Crippen LogP contribution in [0.1, 0.15) is 0 Å².